The number of nitrogens with zero attached hydrogens (tertiary/aromatic N) is 2. The number of aromatic hydroxyl groups is 2. The molecule has 0 bridgehead atoms. The smallest absolute Gasteiger partial charge is 0.142 e. The van der Waals surface area contributed by atoms with Crippen LogP contribution in [0, 0.1) is 18.8 Å². The van der Waals surface area contributed by atoms with Crippen LogP contribution in [0.3, 0.4) is 0 Å². The lowest BCUT2D eigenvalue weighted by Gasteiger charge is -2.28. The molecule has 6 heteroatoms. The first-order valence-electron chi connectivity index (χ1n) is 9.92. The van der Waals surface area contributed by atoms with Crippen LogP contribution in [0.4, 0.5) is 5.69 Å². The molecule has 2 aromatic carbocycles. The summed E-state index contributed by atoms with van der Waals surface area (Å²) in [6, 6.07) is 11.3. The molecular weight excluding hydrogens is 380 g/mol. The van der Waals surface area contributed by atoms with Crippen LogP contribution in [0.1, 0.15) is 18.2 Å². The quantitative estimate of drug-likeness (QED) is 0.637. The molecular formula is C24H24N2O4. The maximum Gasteiger partial charge on any atom is 0.142 e. The van der Waals surface area contributed by atoms with Crippen molar-refractivity contribution in [3.63, 3.8) is 0 Å². The van der Waals surface area contributed by atoms with Crippen molar-refractivity contribution in [1.29, 1.82) is 0 Å². The second-order valence-corrected chi connectivity index (χ2v) is 7.21. The van der Waals surface area contributed by atoms with Crippen molar-refractivity contribution in [3.8, 4) is 45.7 Å². The number of aromatic nitrogens is 1. The molecule has 1 saturated heterocycles. The molecule has 0 spiro atoms. The number of rotatable bonds is 4. The fraction of sp³-hybridized carbons (Fsp3) is 0.292. The van der Waals surface area contributed by atoms with Crippen molar-refractivity contribution in [3.05, 3.63) is 47.7 Å². The van der Waals surface area contributed by atoms with E-state index in [9.17, 15) is 10.2 Å². The largest absolute Gasteiger partial charge is 0.507 e. The molecule has 0 unspecified atom stereocenters. The molecule has 4 rings (SSSR count). The lowest BCUT2D eigenvalue weighted by molar-refractivity contribution is 0.122. The zero-order chi connectivity index (χ0) is 21.1. The summed E-state index contributed by atoms with van der Waals surface area (Å²) in [5.74, 6) is 6.38. The van der Waals surface area contributed by atoms with Gasteiger partial charge in [0.1, 0.15) is 23.0 Å². The van der Waals surface area contributed by atoms with E-state index in [0.29, 0.717) is 29.0 Å². The second kappa shape index (κ2) is 8.52. The van der Waals surface area contributed by atoms with Crippen LogP contribution in [-0.2, 0) is 11.2 Å². The minimum Gasteiger partial charge on any atom is -0.507 e. The summed E-state index contributed by atoms with van der Waals surface area (Å²) in [5, 5.41) is 24.9. The zero-order valence-electron chi connectivity index (χ0n) is 17.1. The van der Waals surface area contributed by atoms with Crippen LogP contribution >= 0.6 is 0 Å². The van der Waals surface area contributed by atoms with Gasteiger partial charge >= 0.3 is 0 Å². The van der Waals surface area contributed by atoms with Gasteiger partial charge in [0.15, 0.2) is 0 Å². The first-order valence-corrected chi connectivity index (χ1v) is 9.92. The lowest BCUT2D eigenvalue weighted by Crippen LogP contribution is -2.36. The molecule has 1 aliphatic rings. The minimum absolute atomic E-state index is 0.00984. The van der Waals surface area contributed by atoms with E-state index < -0.39 is 0 Å². The molecule has 1 aliphatic heterocycles. The highest BCUT2D eigenvalue weighted by molar-refractivity contribution is 5.85. The number of phenols is 2. The van der Waals surface area contributed by atoms with E-state index in [1.807, 2.05) is 19.1 Å². The Morgan fingerprint density at radius 3 is 2.50 bits per heavy atom. The summed E-state index contributed by atoms with van der Waals surface area (Å²) in [6.45, 7) is 6.83. The molecule has 0 saturated carbocycles. The first kappa shape index (κ1) is 19.9. The fourth-order valence-corrected chi connectivity index (χ4v) is 3.69. The van der Waals surface area contributed by atoms with Gasteiger partial charge in [0.2, 0.25) is 0 Å². The van der Waals surface area contributed by atoms with Crippen LogP contribution in [0.5, 0.6) is 11.5 Å². The Balaban J connectivity index is 1.72. The summed E-state index contributed by atoms with van der Waals surface area (Å²) >= 11 is 0. The van der Waals surface area contributed by atoms with E-state index in [1.165, 1.54) is 6.07 Å². The van der Waals surface area contributed by atoms with Crippen molar-refractivity contribution in [2.75, 3.05) is 31.2 Å². The Labute approximate surface area is 175 Å². The monoisotopic (exact) mass is 404 g/mol. The minimum atomic E-state index is -0.0554. The number of anilines is 1. The Morgan fingerprint density at radius 2 is 1.80 bits per heavy atom. The molecule has 3 aromatic rings. The SMILES string of the molecule is CC#CCc1cc(-c2noc(C)c2-c2ccc(N3CCOCC3)cc2)c(O)cc1O. The summed E-state index contributed by atoms with van der Waals surface area (Å²) in [7, 11) is 0. The topological polar surface area (TPSA) is 79.0 Å². The molecule has 6 nitrogen and oxygen atoms in total. The Morgan fingerprint density at radius 1 is 1.07 bits per heavy atom. The van der Waals surface area contributed by atoms with Gasteiger partial charge in [0, 0.05) is 42.4 Å². The number of hydrogen-bond acceptors (Lipinski definition) is 6. The molecule has 30 heavy (non-hydrogen) atoms. The first-order chi connectivity index (χ1) is 14.6. The van der Waals surface area contributed by atoms with Gasteiger partial charge in [-0.2, -0.15) is 0 Å². The number of ether oxygens (including phenoxy) is 1. The highest BCUT2D eigenvalue weighted by Gasteiger charge is 2.21. The van der Waals surface area contributed by atoms with E-state index in [2.05, 4.69) is 34.0 Å². The van der Waals surface area contributed by atoms with Gasteiger partial charge in [-0.05, 0) is 37.6 Å². The third-order valence-electron chi connectivity index (χ3n) is 5.30. The van der Waals surface area contributed by atoms with Gasteiger partial charge in [-0.1, -0.05) is 23.2 Å². The third kappa shape index (κ3) is 3.85. The average molecular weight is 404 g/mol. The van der Waals surface area contributed by atoms with E-state index >= 15 is 0 Å². The fourth-order valence-electron chi connectivity index (χ4n) is 3.69. The molecule has 2 N–H and O–H groups in total. The van der Waals surface area contributed by atoms with E-state index in [4.69, 9.17) is 9.26 Å². The van der Waals surface area contributed by atoms with Crippen molar-refractivity contribution in [2.45, 2.75) is 20.3 Å². The second-order valence-electron chi connectivity index (χ2n) is 7.21. The summed E-state index contributed by atoms with van der Waals surface area (Å²) in [4.78, 5) is 2.29. The van der Waals surface area contributed by atoms with Crippen molar-refractivity contribution in [2.24, 2.45) is 0 Å². The number of benzene rings is 2. The van der Waals surface area contributed by atoms with Crippen LogP contribution in [0.2, 0.25) is 0 Å². The number of hydrogen-bond donors (Lipinski definition) is 2. The van der Waals surface area contributed by atoms with Crippen LogP contribution < -0.4 is 4.90 Å². The molecule has 1 aromatic heterocycles. The molecule has 0 atom stereocenters. The molecule has 1 fully saturated rings. The normalized spacial score (nSPS) is 13.7. The molecule has 2 heterocycles. The number of phenolic OH excluding ortho intramolecular Hbond substituents is 2. The van der Waals surface area contributed by atoms with Gasteiger partial charge in [-0.25, -0.2) is 0 Å². The van der Waals surface area contributed by atoms with E-state index in [1.54, 1.807) is 13.0 Å². The number of aryl methyl sites for hydroxylation is 1. The van der Waals surface area contributed by atoms with E-state index in [-0.39, 0.29) is 11.5 Å². The Hall–Kier alpha value is -3.43. The van der Waals surface area contributed by atoms with Gasteiger partial charge in [0.05, 0.1) is 18.8 Å². The maximum absolute atomic E-state index is 10.5. The molecule has 154 valence electrons. The maximum atomic E-state index is 10.5. The molecule has 0 amide bonds. The molecule has 0 radical (unpaired) electrons. The summed E-state index contributed by atoms with van der Waals surface area (Å²) < 4.78 is 10.9. The summed E-state index contributed by atoms with van der Waals surface area (Å²) in [6.07, 6.45) is 0.385. The summed E-state index contributed by atoms with van der Waals surface area (Å²) in [5.41, 5.74) is 4.58. The lowest BCUT2D eigenvalue weighted by atomic mass is 9.96. The van der Waals surface area contributed by atoms with Gasteiger partial charge < -0.3 is 24.4 Å². The van der Waals surface area contributed by atoms with Gasteiger partial charge in [-0.3, -0.25) is 0 Å². The van der Waals surface area contributed by atoms with Crippen molar-refractivity contribution < 1.29 is 19.5 Å². The highest BCUT2D eigenvalue weighted by atomic mass is 16.5. The van der Waals surface area contributed by atoms with Crippen LogP contribution in [0.15, 0.2) is 40.9 Å². The third-order valence-corrected chi connectivity index (χ3v) is 5.30. The van der Waals surface area contributed by atoms with Crippen LogP contribution in [0.25, 0.3) is 22.4 Å². The predicted octanol–water partition coefficient (Wildman–Crippen LogP) is 4.13. The highest BCUT2D eigenvalue weighted by Crippen LogP contribution is 2.41. The Bertz CT molecular complexity index is 1100. The van der Waals surface area contributed by atoms with Gasteiger partial charge in [-0.15, -0.1) is 5.92 Å². The standard InChI is InChI=1S/C24H24N2O4/c1-3-4-5-18-14-20(22(28)15-21(18)27)24-23(16(2)30-25-24)17-6-8-19(9-7-17)26-10-12-29-13-11-26/h6-9,14-15,27-28H,5,10-13H2,1-2H3. The average Bonchev–Trinajstić information content (AvgIpc) is 3.15. The van der Waals surface area contributed by atoms with Crippen molar-refractivity contribution >= 4 is 5.69 Å². The van der Waals surface area contributed by atoms with Gasteiger partial charge in [0.25, 0.3) is 0 Å². The van der Waals surface area contributed by atoms with E-state index in [0.717, 1.165) is 43.1 Å². The van der Waals surface area contributed by atoms with Crippen molar-refractivity contribution in [1.82, 2.24) is 5.16 Å². The number of morpholine rings is 1. The molecule has 0 aliphatic carbocycles. The van der Waals surface area contributed by atoms with Crippen LogP contribution in [-0.4, -0.2) is 41.7 Å². The predicted molar refractivity (Wildman–Crippen MR) is 116 cm³/mol. The Kier molecular flexibility index (Phi) is 5.64. The zero-order valence-corrected chi connectivity index (χ0v) is 17.1.